The molecule has 2 heterocycles. The molecule has 4 aromatic rings. The third kappa shape index (κ3) is 3.96. The lowest BCUT2D eigenvalue weighted by molar-refractivity contribution is 0.244. The van der Waals surface area contributed by atoms with Gasteiger partial charge in [-0.15, -0.1) is 0 Å². The molecule has 0 saturated heterocycles. The topological polar surface area (TPSA) is 71.3 Å². The summed E-state index contributed by atoms with van der Waals surface area (Å²) in [6.07, 6.45) is 0. The van der Waals surface area contributed by atoms with Crippen LogP contribution in [0.4, 0.5) is 14.9 Å². The molecule has 1 N–H and O–H groups in total. The highest BCUT2D eigenvalue weighted by Gasteiger charge is 2.36. The zero-order valence-electron chi connectivity index (χ0n) is 19.0. The molecule has 0 bridgehead atoms. The Bertz CT molecular complexity index is 1370. The molecule has 0 fully saturated rings. The van der Waals surface area contributed by atoms with E-state index in [0.717, 1.165) is 16.7 Å². The highest BCUT2D eigenvalue weighted by Crippen LogP contribution is 2.39. The van der Waals surface area contributed by atoms with E-state index in [0.29, 0.717) is 34.2 Å². The molecule has 6 nitrogen and oxygen atoms in total. The normalized spacial score (nSPS) is 16.1. The molecular weight excluding hydrogens is 431 g/mol. The number of rotatable bonds is 4. The summed E-state index contributed by atoms with van der Waals surface area (Å²) in [5.41, 5.74) is 5.78. The highest BCUT2D eigenvalue weighted by atomic mass is 19.1. The van der Waals surface area contributed by atoms with Crippen molar-refractivity contribution >= 4 is 17.3 Å². The second kappa shape index (κ2) is 8.59. The van der Waals surface area contributed by atoms with Gasteiger partial charge in [-0.05, 0) is 50.6 Å². The van der Waals surface area contributed by atoms with Crippen molar-refractivity contribution in [3.63, 3.8) is 0 Å². The third-order valence-corrected chi connectivity index (χ3v) is 5.95. The molecule has 1 atom stereocenters. The van der Waals surface area contributed by atoms with Crippen molar-refractivity contribution in [3.05, 3.63) is 107 Å². The van der Waals surface area contributed by atoms with E-state index < -0.39 is 6.04 Å². The summed E-state index contributed by atoms with van der Waals surface area (Å²) in [4.78, 5) is 19.5. The van der Waals surface area contributed by atoms with Crippen LogP contribution in [0.3, 0.4) is 0 Å². The van der Waals surface area contributed by atoms with Crippen LogP contribution in [0, 0.1) is 19.7 Å². The van der Waals surface area contributed by atoms with Gasteiger partial charge in [0, 0.05) is 11.3 Å². The molecule has 170 valence electrons. The number of anilines is 1. The van der Waals surface area contributed by atoms with E-state index in [9.17, 15) is 9.18 Å². The first-order valence-corrected chi connectivity index (χ1v) is 11.0. The molecule has 3 aromatic carbocycles. The number of carbonyl (C=O) groups excluding carboxylic acids is 1. The number of amides is 2. The van der Waals surface area contributed by atoms with Crippen LogP contribution >= 0.6 is 0 Å². The number of halogens is 1. The predicted molar refractivity (Wildman–Crippen MR) is 128 cm³/mol. The van der Waals surface area contributed by atoms with E-state index >= 15 is 0 Å². The number of nitrogens with zero attached hydrogens (tertiary/aromatic N) is 3. The highest BCUT2D eigenvalue weighted by molar-refractivity contribution is 6.01. The molecule has 0 saturated carbocycles. The minimum atomic E-state index is -0.582. The molecule has 1 unspecified atom stereocenters. The fourth-order valence-electron chi connectivity index (χ4n) is 4.08. The van der Waals surface area contributed by atoms with Gasteiger partial charge in [0.05, 0.1) is 17.3 Å². The van der Waals surface area contributed by atoms with Gasteiger partial charge in [-0.3, -0.25) is 4.90 Å². The van der Waals surface area contributed by atoms with Gasteiger partial charge < -0.3 is 9.84 Å². The molecule has 34 heavy (non-hydrogen) atoms. The minimum absolute atomic E-state index is 0.291. The number of hydrogen-bond donors (Lipinski definition) is 1. The Morgan fingerprint density at radius 1 is 0.882 bits per heavy atom. The van der Waals surface area contributed by atoms with Crippen molar-refractivity contribution in [3.8, 4) is 11.4 Å². The van der Waals surface area contributed by atoms with Crippen molar-refractivity contribution in [2.24, 2.45) is 0 Å². The van der Waals surface area contributed by atoms with Gasteiger partial charge in [-0.25, -0.2) is 9.18 Å². The summed E-state index contributed by atoms with van der Waals surface area (Å²) in [6.45, 7) is 5.85. The molecule has 5 rings (SSSR count). The van der Waals surface area contributed by atoms with E-state index in [4.69, 9.17) is 4.52 Å². The Kier molecular flexibility index (Phi) is 5.45. The average Bonchev–Trinajstić information content (AvgIpc) is 3.30. The lowest BCUT2D eigenvalue weighted by atomic mass is 9.94. The number of nitrogens with one attached hydrogen (secondary N) is 1. The van der Waals surface area contributed by atoms with Crippen molar-refractivity contribution < 1.29 is 13.7 Å². The van der Waals surface area contributed by atoms with Gasteiger partial charge in [-0.1, -0.05) is 64.8 Å². The average molecular weight is 455 g/mol. The van der Waals surface area contributed by atoms with Crippen LogP contribution in [0.2, 0.25) is 0 Å². The van der Waals surface area contributed by atoms with Crippen LogP contribution < -0.4 is 10.2 Å². The predicted octanol–water partition coefficient (Wildman–Crippen LogP) is 6.19. The number of aryl methyl sites for hydroxylation is 2. The van der Waals surface area contributed by atoms with E-state index in [1.165, 1.54) is 12.1 Å². The standard InChI is InChI=1S/C27H23FN4O2/c1-16-4-8-20(9-5-16)25-30-26(34-31-25)23-18(3)32(22-14-6-17(2)7-15-22)27(33)29-24(23)19-10-12-21(28)13-11-19/h4-15,24H,1-3H3,(H,29,33). The Morgan fingerprint density at radius 3 is 2.15 bits per heavy atom. The van der Waals surface area contributed by atoms with Gasteiger partial charge in [0.2, 0.25) is 5.82 Å². The summed E-state index contributed by atoms with van der Waals surface area (Å²) in [5, 5.41) is 7.21. The Morgan fingerprint density at radius 2 is 1.50 bits per heavy atom. The van der Waals surface area contributed by atoms with E-state index in [1.54, 1.807) is 17.0 Å². The molecule has 0 aliphatic carbocycles. The summed E-state index contributed by atoms with van der Waals surface area (Å²) in [6, 6.07) is 20.7. The van der Waals surface area contributed by atoms with Gasteiger partial charge >= 0.3 is 6.03 Å². The first-order valence-electron chi connectivity index (χ1n) is 11.0. The number of aromatic nitrogens is 2. The molecular formula is C27H23FN4O2. The fraction of sp³-hybridized carbons (Fsp3) is 0.148. The molecule has 2 amide bonds. The molecule has 0 spiro atoms. The van der Waals surface area contributed by atoms with E-state index in [2.05, 4.69) is 15.5 Å². The van der Waals surface area contributed by atoms with Gasteiger partial charge in [-0.2, -0.15) is 4.98 Å². The lowest BCUT2D eigenvalue weighted by Gasteiger charge is -2.35. The number of urea groups is 1. The minimum Gasteiger partial charge on any atom is -0.334 e. The first-order chi connectivity index (χ1) is 16.4. The van der Waals surface area contributed by atoms with Crippen molar-refractivity contribution in [2.75, 3.05) is 4.90 Å². The summed E-state index contributed by atoms with van der Waals surface area (Å²) in [7, 11) is 0. The van der Waals surface area contributed by atoms with Crippen LogP contribution in [0.25, 0.3) is 17.0 Å². The molecule has 7 heteroatoms. The molecule has 1 aliphatic rings. The van der Waals surface area contributed by atoms with Crippen LogP contribution in [0.1, 0.15) is 35.5 Å². The van der Waals surface area contributed by atoms with E-state index in [1.807, 2.05) is 69.3 Å². The van der Waals surface area contributed by atoms with Crippen LogP contribution in [-0.2, 0) is 0 Å². The number of allylic oxidation sites excluding steroid dienone is 1. The zero-order chi connectivity index (χ0) is 23.8. The first kappa shape index (κ1) is 21.6. The maximum Gasteiger partial charge on any atom is 0.326 e. The number of carbonyl (C=O) groups is 1. The fourth-order valence-corrected chi connectivity index (χ4v) is 4.08. The monoisotopic (exact) mass is 454 g/mol. The second-order valence-corrected chi connectivity index (χ2v) is 8.39. The smallest absolute Gasteiger partial charge is 0.326 e. The van der Waals surface area contributed by atoms with Crippen molar-refractivity contribution in [1.29, 1.82) is 0 Å². The lowest BCUT2D eigenvalue weighted by Crippen LogP contribution is -2.46. The zero-order valence-corrected chi connectivity index (χ0v) is 19.0. The Labute approximate surface area is 196 Å². The van der Waals surface area contributed by atoms with Crippen molar-refractivity contribution in [2.45, 2.75) is 26.8 Å². The van der Waals surface area contributed by atoms with Gasteiger partial charge in [0.15, 0.2) is 0 Å². The Balaban J connectivity index is 1.64. The Hall–Kier alpha value is -4.26. The maximum atomic E-state index is 13.6. The largest absolute Gasteiger partial charge is 0.334 e. The molecule has 0 radical (unpaired) electrons. The molecule has 1 aromatic heterocycles. The number of hydrogen-bond acceptors (Lipinski definition) is 4. The van der Waals surface area contributed by atoms with Gasteiger partial charge in [0.1, 0.15) is 5.82 Å². The number of benzene rings is 3. The maximum absolute atomic E-state index is 13.6. The summed E-state index contributed by atoms with van der Waals surface area (Å²) in [5.74, 6) is 0.389. The summed E-state index contributed by atoms with van der Waals surface area (Å²) >= 11 is 0. The van der Waals surface area contributed by atoms with Crippen LogP contribution in [0.5, 0.6) is 0 Å². The van der Waals surface area contributed by atoms with Crippen LogP contribution in [0.15, 0.2) is 83.0 Å². The van der Waals surface area contributed by atoms with Crippen LogP contribution in [-0.4, -0.2) is 16.2 Å². The van der Waals surface area contributed by atoms with E-state index in [-0.39, 0.29) is 11.8 Å². The van der Waals surface area contributed by atoms with Gasteiger partial charge in [0.25, 0.3) is 5.89 Å². The molecule has 1 aliphatic heterocycles. The SMILES string of the molecule is CC1=C(c2nc(-c3ccc(C)cc3)no2)C(c2ccc(F)cc2)NC(=O)N1c1ccc(C)cc1. The second-order valence-electron chi connectivity index (χ2n) is 8.39. The van der Waals surface area contributed by atoms with Crippen molar-refractivity contribution in [1.82, 2.24) is 15.5 Å². The quantitative estimate of drug-likeness (QED) is 0.399. The third-order valence-electron chi connectivity index (χ3n) is 5.95. The summed E-state index contributed by atoms with van der Waals surface area (Å²) < 4.78 is 19.3.